The molecule has 1 atom stereocenters. The first-order chi connectivity index (χ1) is 6.92. The Morgan fingerprint density at radius 3 is 2.73 bits per heavy atom. The number of aryl methyl sites for hydroxylation is 1. The van der Waals surface area contributed by atoms with Crippen LogP contribution in [0.5, 0.6) is 0 Å². The van der Waals surface area contributed by atoms with Crippen molar-refractivity contribution in [1.82, 2.24) is 0 Å². The van der Waals surface area contributed by atoms with Gasteiger partial charge in [0, 0.05) is 10.6 Å². The number of carboxylic acid groups (broad SMARTS) is 1. The van der Waals surface area contributed by atoms with Crippen LogP contribution in [0.25, 0.3) is 0 Å². The molecule has 0 aliphatic carbocycles. The highest BCUT2D eigenvalue weighted by Crippen LogP contribution is 2.23. The Labute approximate surface area is 93.1 Å². The van der Waals surface area contributed by atoms with Gasteiger partial charge in [0.2, 0.25) is 0 Å². The molecule has 0 amide bonds. The van der Waals surface area contributed by atoms with Gasteiger partial charge in [0.15, 0.2) is 5.60 Å². The molecule has 0 bridgehead atoms. The van der Waals surface area contributed by atoms with Gasteiger partial charge in [0.1, 0.15) is 0 Å². The Bertz CT molecular complexity index is 361. The van der Waals surface area contributed by atoms with Crippen molar-refractivity contribution in [2.45, 2.75) is 24.3 Å². The Balaban J connectivity index is 2.61. The minimum Gasteiger partial charge on any atom is -0.479 e. The van der Waals surface area contributed by atoms with Crippen LogP contribution in [-0.2, 0) is 4.79 Å². The van der Waals surface area contributed by atoms with E-state index in [9.17, 15) is 9.90 Å². The Morgan fingerprint density at radius 1 is 1.53 bits per heavy atom. The Hall–Kier alpha value is -1.00. The molecule has 0 heterocycles. The van der Waals surface area contributed by atoms with Crippen LogP contribution in [0.2, 0.25) is 0 Å². The fraction of sp³-hybridized carbons (Fsp3) is 0.364. The van der Waals surface area contributed by atoms with Gasteiger partial charge in [-0.3, -0.25) is 0 Å². The summed E-state index contributed by atoms with van der Waals surface area (Å²) < 4.78 is 0. The molecule has 0 fully saturated rings. The Morgan fingerprint density at radius 2 is 2.20 bits per heavy atom. The fourth-order valence-electron chi connectivity index (χ4n) is 0.991. The first kappa shape index (κ1) is 12.1. The molecule has 1 unspecified atom stereocenters. The second kappa shape index (κ2) is 4.68. The molecule has 82 valence electrons. The van der Waals surface area contributed by atoms with Gasteiger partial charge in [0.25, 0.3) is 0 Å². The zero-order valence-corrected chi connectivity index (χ0v) is 9.54. The predicted octanol–water partition coefficient (Wildman–Crippen LogP) is 1.92. The number of benzene rings is 1. The van der Waals surface area contributed by atoms with Crippen molar-refractivity contribution < 1.29 is 15.0 Å². The molecule has 4 heteroatoms. The number of aliphatic carboxylic acids is 1. The zero-order valence-electron chi connectivity index (χ0n) is 8.73. The summed E-state index contributed by atoms with van der Waals surface area (Å²) in [5.74, 6) is -1.05. The lowest BCUT2D eigenvalue weighted by atomic mass is 10.1. The quantitative estimate of drug-likeness (QED) is 0.770. The molecule has 1 aromatic rings. The lowest BCUT2D eigenvalue weighted by Gasteiger charge is -2.16. The van der Waals surface area contributed by atoms with Crippen molar-refractivity contribution in [3.8, 4) is 0 Å². The lowest BCUT2D eigenvalue weighted by molar-refractivity contribution is -0.154. The van der Waals surface area contributed by atoms with Gasteiger partial charge in [-0.2, -0.15) is 0 Å². The molecule has 1 aromatic carbocycles. The molecule has 3 nitrogen and oxygen atoms in total. The molecule has 0 saturated carbocycles. The maximum absolute atomic E-state index is 10.6. The first-order valence-corrected chi connectivity index (χ1v) is 5.55. The van der Waals surface area contributed by atoms with Gasteiger partial charge >= 0.3 is 5.97 Å². The minimum absolute atomic E-state index is 0.145. The number of carbonyl (C=O) groups is 1. The van der Waals surface area contributed by atoms with Crippen molar-refractivity contribution in [1.29, 1.82) is 0 Å². The summed E-state index contributed by atoms with van der Waals surface area (Å²) in [5.41, 5.74) is -0.552. The summed E-state index contributed by atoms with van der Waals surface area (Å²) in [6.45, 7) is 3.28. The van der Waals surface area contributed by atoms with Gasteiger partial charge < -0.3 is 10.2 Å². The van der Waals surface area contributed by atoms with Crippen LogP contribution in [0, 0.1) is 6.92 Å². The SMILES string of the molecule is Cc1cccc(SCC(C)(O)C(=O)O)c1. The maximum Gasteiger partial charge on any atom is 0.336 e. The van der Waals surface area contributed by atoms with Gasteiger partial charge in [-0.15, -0.1) is 11.8 Å². The highest BCUT2D eigenvalue weighted by Gasteiger charge is 2.29. The fourth-order valence-corrected chi connectivity index (χ4v) is 2.01. The molecule has 0 radical (unpaired) electrons. The van der Waals surface area contributed by atoms with Crippen molar-refractivity contribution in [3.05, 3.63) is 29.8 Å². The highest BCUT2D eigenvalue weighted by molar-refractivity contribution is 7.99. The lowest BCUT2D eigenvalue weighted by Crippen LogP contribution is -2.37. The minimum atomic E-state index is -1.67. The monoisotopic (exact) mass is 226 g/mol. The number of rotatable bonds is 4. The van der Waals surface area contributed by atoms with Crippen molar-refractivity contribution in [2.75, 3.05) is 5.75 Å². The summed E-state index contributed by atoms with van der Waals surface area (Å²) >= 11 is 1.34. The van der Waals surface area contributed by atoms with Crippen LogP contribution in [0.3, 0.4) is 0 Å². The molecule has 0 aliphatic heterocycles. The summed E-state index contributed by atoms with van der Waals surface area (Å²) in [5, 5.41) is 18.2. The summed E-state index contributed by atoms with van der Waals surface area (Å²) in [4.78, 5) is 11.6. The van der Waals surface area contributed by atoms with E-state index in [0.717, 1.165) is 10.5 Å². The molecule has 0 aliphatic rings. The van der Waals surface area contributed by atoms with E-state index >= 15 is 0 Å². The van der Waals surface area contributed by atoms with Crippen molar-refractivity contribution in [3.63, 3.8) is 0 Å². The second-order valence-corrected chi connectivity index (χ2v) is 4.73. The molecule has 0 aromatic heterocycles. The van der Waals surface area contributed by atoms with Gasteiger partial charge in [-0.1, -0.05) is 17.7 Å². The van der Waals surface area contributed by atoms with Gasteiger partial charge in [-0.05, 0) is 26.0 Å². The van der Waals surface area contributed by atoms with E-state index in [-0.39, 0.29) is 5.75 Å². The van der Waals surface area contributed by atoms with Crippen LogP contribution in [0.4, 0.5) is 0 Å². The van der Waals surface area contributed by atoms with Gasteiger partial charge in [0.05, 0.1) is 0 Å². The van der Waals surface area contributed by atoms with E-state index < -0.39 is 11.6 Å². The summed E-state index contributed by atoms with van der Waals surface area (Å²) in [7, 11) is 0. The maximum atomic E-state index is 10.6. The predicted molar refractivity (Wildman–Crippen MR) is 60.2 cm³/mol. The third-order valence-corrected chi connectivity index (χ3v) is 3.26. The number of hydrogen-bond donors (Lipinski definition) is 2. The van der Waals surface area contributed by atoms with Crippen LogP contribution in [0.15, 0.2) is 29.2 Å². The highest BCUT2D eigenvalue weighted by atomic mass is 32.2. The van der Waals surface area contributed by atoms with Crippen LogP contribution in [-0.4, -0.2) is 27.5 Å². The van der Waals surface area contributed by atoms with Crippen molar-refractivity contribution in [2.24, 2.45) is 0 Å². The molecule has 0 spiro atoms. The second-order valence-electron chi connectivity index (χ2n) is 3.68. The molecule has 15 heavy (non-hydrogen) atoms. The largest absolute Gasteiger partial charge is 0.479 e. The number of thioether (sulfide) groups is 1. The summed E-state index contributed by atoms with van der Waals surface area (Å²) in [6, 6.07) is 7.74. The molecular formula is C11H14O3S. The standard InChI is InChI=1S/C11H14O3S/c1-8-4-3-5-9(6-8)15-7-11(2,14)10(12)13/h3-6,14H,7H2,1-2H3,(H,12,13). The van der Waals surface area contributed by atoms with Crippen LogP contribution < -0.4 is 0 Å². The van der Waals surface area contributed by atoms with Crippen molar-refractivity contribution >= 4 is 17.7 Å². The smallest absolute Gasteiger partial charge is 0.336 e. The van der Waals surface area contributed by atoms with E-state index in [1.54, 1.807) is 0 Å². The summed E-state index contributed by atoms with van der Waals surface area (Å²) in [6.07, 6.45) is 0. The van der Waals surface area contributed by atoms with Crippen LogP contribution >= 0.6 is 11.8 Å². The van der Waals surface area contributed by atoms with E-state index in [1.807, 2.05) is 31.2 Å². The normalized spacial score (nSPS) is 14.6. The van der Waals surface area contributed by atoms with E-state index in [2.05, 4.69) is 0 Å². The topological polar surface area (TPSA) is 57.5 Å². The van der Waals surface area contributed by atoms with E-state index in [4.69, 9.17) is 5.11 Å². The van der Waals surface area contributed by atoms with Crippen LogP contribution in [0.1, 0.15) is 12.5 Å². The van der Waals surface area contributed by atoms with E-state index in [0.29, 0.717) is 0 Å². The number of aliphatic hydroxyl groups is 1. The zero-order chi connectivity index (χ0) is 11.5. The molecular weight excluding hydrogens is 212 g/mol. The Kier molecular flexibility index (Phi) is 3.77. The van der Waals surface area contributed by atoms with Gasteiger partial charge in [-0.25, -0.2) is 4.79 Å². The number of hydrogen-bond acceptors (Lipinski definition) is 3. The average molecular weight is 226 g/mol. The third-order valence-electron chi connectivity index (χ3n) is 1.97. The third kappa shape index (κ3) is 3.57. The van der Waals surface area contributed by atoms with E-state index in [1.165, 1.54) is 18.7 Å². The molecule has 2 N–H and O–H groups in total. The molecule has 0 saturated heterocycles. The first-order valence-electron chi connectivity index (χ1n) is 4.57. The number of carboxylic acids is 1. The average Bonchev–Trinajstić information content (AvgIpc) is 2.15. The molecule has 1 rings (SSSR count).